The van der Waals surface area contributed by atoms with Gasteiger partial charge in [0.25, 0.3) is 0 Å². The van der Waals surface area contributed by atoms with Crippen molar-refractivity contribution >= 4 is 34.8 Å². The van der Waals surface area contributed by atoms with Crippen molar-refractivity contribution in [1.29, 1.82) is 0 Å². The average molecular weight is 410 g/mol. The summed E-state index contributed by atoms with van der Waals surface area (Å²) in [6.45, 7) is 8.09. The van der Waals surface area contributed by atoms with Crippen LogP contribution in [0.4, 0.5) is 0 Å². The van der Waals surface area contributed by atoms with E-state index in [2.05, 4.69) is 96.6 Å². The van der Waals surface area contributed by atoms with E-state index in [1.165, 1.54) is 21.5 Å². The molecular weight excluding hydrogens is 381 g/mol. The molecule has 2 atom stereocenters. The van der Waals surface area contributed by atoms with Crippen molar-refractivity contribution < 1.29 is 4.21 Å². The smallest absolute Gasteiger partial charge is 0.0975 e. The second-order valence-electron chi connectivity index (χ2n) is 7.79. The predicted molar refractivity (Wildman–Crippen MR) is 125 cm³/mol. The maximum absolute atomic E-state index is 12.7. The molecule has 4 heteroatoms. The van der Waals surface area contributed by atoms with Crippen LogP contribution in [0, 0.1) is 0 Å². The molecule has 0 aliphatic heterocycles. The summed E-state index contributed by atoms with van der Waals surface area (Å²) in [4.78, 5) is 0. The largest absolute Gasteiger partial charge is 0.242 e. The Bertz CT molecular complexity index is 883. The van der Waals surface area contributed by atoms with Gasteiger partial charge in [-0.25, -0.2) is 8.93 Å². The number of nitrogens with one attached hydrogen (secondary N) is 1. The standard InChI is InChI=1S/C24H28NOPS/c1-19(25-28(26)24(2,3)4)22-17-11-12-18-23(22)27(20-13-7-5-8-14-20)21-15-9-6-10-16-21/h5-19,25H,1-4H3/t19-,28+/m0/s1. The molecule has 146 valence electrons. The van der Waals surface area contributed by atoms with Crippen LogP contribution in [-0.2, 0) is 11.0 Å². The molecule has 1 N–H and O–H groups in total. The second kappa shape index (κ2) is 9.13. The highest BCUT2D eigenvalue weighted by Crippen LogP contribution is 2.35. The Labute approximate surface area is 172 Å². The van der Waals surface area contributed by atoms with Crippen molar-refractivity contribution in [2.24, 2.45) is 0 Å². The Morgan fingerprint density at radius 1 is 0.786 bits per heavy atom. The zero-order chi connectivity index (χ0) is 20.1. The summed E-state index contributed by atoms with van der Waals surface area (Å²) in [5.74, 6) is 0. The topological polar surface area (TPSA) is 29.1 Å². The summed E-state index contributed by atoms with van der Waals surface area (Å²) in [7, 11) is -1.81. The van der Waals surface area contributed by atoms with Gasteiger partial charge in [0.05, 0.1) is 15.7 Å². The first kappa shape index (κ1) is 20.9. The van der Waals surface area contributed by atoms with Gasteiger partial charge in [0, 0.05) is 6.04 Å². The SMILES string of the molecule is C[C@H](N[S@](=O)C(C)(C)C)c1ccccc1P(c1ccccc1)c1ccccc1. The molecule has 3 aromatic carbocycles. The van der Waals surface area contributed by atoms with Crippen molar-refractivity contribution in [2.45, 2.75) is 38.5 Å². The summed E-state index contributed by atoms with van der Waals surface area (Å²) in [5.41, 5.74) is 1.21. The van der Waals surface area contributed by atoms with Crippen LogP contribution >= 0.6 is 7.92 Å². The summed E-state index contributed by atoms with van der Waals surface area (Å²) in [6, 6.07) is 29.9. The Balaban J connectivity index is 2.06. The van der Waals surface area contributed by atoms with Crippen molar-refractivity contribution in [3.05, 3.63) is 90.5 Å². The van der Waals surface area contributed by atoms with E-state index >= 15 is 0 Å². The van der Waals surface area contributed by atoms with Crippen LogP contribution in [0.5, 0.6) is 0 Å². The van der Waals surface area contributed by atoms with Crippen LogP contribution in [0.25, 0.3) is 0 Å². The zero-order valence-electron chi connectivity index (χ0n) is 16.9. The quantitative estimate of drug-likeness (QED) is 0.594. The summed E-state index contributed by atoms with van der Waals surface area (Å²) >= 11 is 0. The minimum absolute atomic E-state index is 0.00585. The fourth-order valence-electron chi connectivity index (χ4n) is 3.04. The lowest BCUT2D eigenvalue weighted by Crippen LogP contribution is -2.36. The Hall–Kier alpha value is -1.80. The predicted octanol–water partition coefficient (Wildman–Crippen LogP) is 4.56. The van der Waals surface area contributed by atoms with Crippen LogP contribution in [-0.4, -0.2) is 8.96 Å². The van der Waals surface area contributed by atoms with Gasteiger partial charge in [0.15, 0.2) is 0 Å². The van der Waals surface area contributed by atoms with Crippen molar-refractivity contribution in [3.63, 3.8) is 0 Å². The molecular formula is C24H28NOPS. The fraction of sp³-hybridized carbons (Fsp3) is 0.250. The molecule has 3 aromatic rings. The fourth-order valence-corrected chi connectivity index (χ4v) is 6.40. The van der Waals surface area contributed by atoms with Gasteiger partial charge < -0.3 is 0 Å². The molecule has 3 rings (SSSR count). The number of benzene rings is 3. The Morgan fingerprint density at radius 2 is 1.25 bits per heavy atom. The van der Waals surface area contributed by atoms with E-state index in [0.717, 1.165) is 0 Å². The molecule has 0 amide bonds. The molecule has 0 heterocycles. The third kappa shape index (κ3) is 4.97. The minimum atomic E-state index is -1.12. The van der Waals surface area contributed by atoms with Crippen molar-refractivity contribution in [2.75, 3.05) is 0 Å². The molecule has 0 fully saturated rings. The lowest BCUT2D eigenvalue weighted by atomic mass is 10.1. The van der Waals surface area contributed by atoms with E-state index in [-0.39, 0.29) is 10.8 Å². The molecule has 0 aliphatic rings. The normalized spacial score (nSPS) is 14.0. The molecule has 0 unspecified atom stereocenters. The molecule has 0 aliphatic carbocycles. The van der Waals surface area contributed by atoms with Crippen LogP contribution in [0.2, 0.25) is 0 Å². The summed E-state index contributed by atoms with van der Waals surface area (Å²) in [6.07, 6.45) is 0. The molecule has 2 nitrogen and oxygen atoms in total. The van der Waals surface area contributed by atoms with Crippen molar-refractivity contribution in [3.8, 4) is 0 Å². The number of hydrogen-bond donors (Lipinski definition) is 1. The van der Waals surface area contributed by atoms with Gasteiger partial charge >= 0.3 is 0 Å². The van der Waals surface area contributed by atoms with Gasteiger partial charge in [-0.1, -0.05) is 84.9 Å². The summed E-state index contributed by atoms with van der Waals surface area (Å²) < 4.78 is 15.7. The van der Waals surface area contributed by atoms with Gasteiger partial charge in [-0.3, -0.25) is 0 Å². The molecule has 0 bridgehead atoms. The van der Waals surface area contributed by atoms with Crippen LogP contribution in [0.3, 0.4) is 0 Å². The minimum Gasteiger partial charge on any atom is -0.242 e. The van der Waals surface area contributed by atoms with Crippen molar-refractivity contribution in [1.82, 2.24) is 4.72 Å². The van der Waals surface area contributed by atoms with E-state index in [4.69, 9.17) is 0 Å². The monoisotopic (exact) mass is 409 g/mol. The van der Waals surface area contributed by atoms with Crippen LogP contribution in [0.1, 0.15) is 39.3 Å². The highest BCUT2D eigenvalue weighted by molar-refractivity contribution is 7.84. The van der Waals surface area contributed by atoms with Crippen LogP contribution < -0.4 is 20.6 Å². The zero-order valence-corrected chi connectivity index (χ0v) is 18.6. The lowest BCUT2D eigenvalue weighted by Gasteiger charge is -2.27. The Kier molecular flexibility index (Phi) is 6.82. The highest BCUT2D eigenvalue weighted by atomic mass is 32.2. The second-order valence-corrected chi connectivity index (χ2v) is 12.0. The molecule has 0 saturated carbocycles. The van der Waals surface area contributed by atoms with Gasteiger partial charge in [-0.2, -0.15) is 0 Å². The maximum atomic E-state index is 12.7. The maximum Gasteiger partial charge on any atom is 0.0975 e. The van der Waals surface area contributed by atoms with E-state index < -0.39 is 18.9 Å². The third-order valence-electron chi connectivity index (χ3n) is 4.51. The third-order valence-corrected chi connectivity index (χ3v) is 8.71. The molecule has 0 saturated heterocycles. The van der Waals surface area contributed by atoms with E-state index in [0.29, 0.717) is 0 Å². The highest BCUT2D eigenvalue weighted by Gasteiger charge is 2.25. The first-order valence-corrected chi connectivity index (χ1v) is 12.0. The van der Waals surface area contributed by atoms with Gasteiger partial charge in [0.2, 0.25) is 0 Å². The molecule has 28 heavy (non-hydrogen) atoms. The lowest BCUT2D eigenvalue weighted by molar-refractivity contribution is 0.617. The first-order chi connectivity index (χ1) is 13.4. The van der Waals surface area contributed by atoms with E-state index in [1.54, 1.807) is 0 Å². The summed E-state index contributed by atoms with van der Waals surface area (Å²) in [5, 5.41) is 3.95. The van der Waals surface area contributed by atoms with Gasteiger partial charge in [-0.15, -0.1) is 0 Å². The average Bonchev–Trinajstić information content (AvgIpc) is 2.69. The molecule has 0 spiro atoms. The van der Waals surface area contributed by atoms with Gasteiger partial charge in [0.1, 0.15) is 0 Å². The molecule has 0 radical (unpaired) electrons. The van der Waals surface area contributed by atoms with Gasteiger partial charge in [-0.05, 0) is 57.1 Å². The Morgan fingerprint density at radius 3 is 1.75 bits per heavy atom. The molecule has 0 aromatic heterocycles. The first-order valence-electron chi connectivity index (χ1n) is 9.55. The number of rotatable bonds is 6. The van der Waals surface area contributed by atoms with E-state index in [1.807, 2.05) is 20.8 Å². The van der Waals surface area contributed by atoms with Crippen LogP contribution in [0.15, 0.2) is 84.9 Å². The van der Waals surface area contributed by atoms with E-state index in [9.17, 15) is 4.21 Å². The number of hydrogen-bond acceptors (Lipinski definition) is 1.